The van der Waals surface area contributed by atoms with E-state index < -0.39 is 0 Å². The van der Waals surface area contributed by atoms with Crippen LogP contribution >= 0.6 is 15.9 Å². The van der Waals surface area contributed by atoms with Crippen molar-refractivity contribution in [2.24, 2.45) is 0 Å². The molecule has 2 heterocycles. The number of fused-ring (bicyclic) bond motifs is 2. The molecule has 2 aromatic rings. The van der Waals surface area contributed by atoms with Crippen molar-refractivity contribution in [3.63, 3.8) is 0 Å². The van der Waals surface area contributed by atoms with Gasteiger partial charge in [-0.15, -0.1) is 0 Å². The largest absolute Gasteiger partial charge is 0.496 e. The van der Waals surface area contributed by atoms with Gasteiger partial charge in [0.15, 0.2) is 0 Å². The van der Waals surface area contributed by atoms with Crippen LogP contribution in [-0.2, 0) is 19.3 Å². The van der Waals surface area contributed by atoms with Crippen molar-refractivity contribution < 1.29 is 14.2 Å². The van der Waals surface area contributed by atoms with E-state index in [1.807, 2.05) is 0 Å². The van der Waals surface area contributed by atoms with Gasteiger partial charge in [0.2, 0.25) is 0 Å². The molecule has 0 aliphatic carbocycles. The van der Waals surface area contributed by atoms with Gasteiger partial charge in [-0.05, 0) is 52.0 Å². The summed E-state index contributed by atoms with van der Waals surface area (Å²) in [7, 11) is 1.74. The maximum atomic E-state index is 5.71. The third-order valence-electron chi connectivity index (χ3n) is 4.53. The van der Waals surface area contributed by atoms with Crippen LogP contribution < -0.4 is 14.2 Å². The highest BCUT2D eigenvalue weighted by Crippen LogP contribution is 2.43. The molecule has 23 heavy (non-hydrogen) atoms. The van der Waals surface area contributed by atoms with Gasteiger partial charge in [-0.3, -0.25) is 0 Å². The molecular weight excluding hydrogens is 356 g/mol. The Balaban J connectivity index is 1.70. The van der Waals surface area contributed by atoms with E-state index in [1.54, 1.807) is 7.11 Å². The van der Waals surface area contributed by atoms with Crippen molar-refractivity contribution in [3.05, 3.63) is 51.0 Å². The Morgan fingerprint density at radius 3 is 2.91 bits per heavy atom. The van der Waals surface area contributed by atoms with Crippen LogP contribution in [0.25, 0.3) is 0 Å². The molecule has 2 aliphatic heterocycles. The number of halogens is 1. The van der Waals surface area contributed by atoms with Crippen LogP contribution in [0, 0.1) is 0 Å². The smallest absolute Gasteiger partial charge is 0.140 e. The van der Waals surface area contributed by atoms with E-state index in [4.69, 9.17) is 14.2 Å². The van der Waals surface area contributed by atoms with Crippen molar-refractivity contribution >= 4 is 15.9 Å². The summed E-state index contributed by atoms with van der Waals surface area (Å²) in [5.41, 5.74) is 4.98. The van der Waals surface area contributed by atoms with Crippen molar-refractivity contribution in [3.8, 4) is 17.2 Å². The van der Waals surface area contributed by atoms with E-state index in [0.717, 1.165) is 60.6 Å². The van der Waals surface area contributed by atoms with Crippen LogP contribution in [0.2, 0.25) is 0 Å². The summed E-state index contributed by atoms with van der Waals surface area (Å²) in [5, 5.41) is 0. The van der Waals surface area contributed by atoms with E-state index in [1.165, 1.54) is 22.3 Å². The van der Waals surface area contributed by atoms with Crippen LogP contribution in [0.5, 0.6) is 17.2 Å². The van der Waals surface area contributed by atoms with Gasteiger partial charge >= 0.3 is 0 Å². The normalized spacial score (nSPS) is 15.4. The average Bonchev–Trinajstić information content (AvgIpc) is 3.05. The monoisotopic (exact) mass is 374 g/mol. The minimum absolute atomic E-state index is 0.726. The average molecular weight is 375 g/mol. The molecular formula is C19H19BrO3. The molecule has 2 aromatic carbocycles. The summed E-state index contributed by atoms with van der Waals surface area (Å²) < 4.78 is 18.1. The maximum absolute atomic E-state index is 5.71. The fourth-order valence-electron chi connectivity index (χ4n) is 3.49. The molecule has 0 saturated heterocycles. The van der Waals surface area contributed by atoms with Crippen molar-refractivity contribution in [1.82, 2.24) is 0 Å². The summed E-state index contributed by atoms with van der Waals surface area (Å²) in [6.07, 6.45) is 3.95. The first-order valence-corrected chi connectivity index (χ1v) is 8.81. The topological polar surface area (TPSA) is 27.7 Å². The van der Waals surface area contributed by atoms with Gasteiger partial charge in [0.1, 0.15) is 17.2 Å². The highest BCUT2D eigenvalue weighted by atomic mass is 79.9. The molecule has 0 aromatic heterocycles. The third-order valence-corrected chi connectivity index (χ3v) is 5.12. The number of hydrogen-bond donors (Lipinski definition) is 0. The second kappa shape index (κ2) is 6.08. The van der Waals surface area contributed by atoms with E-state index >= 15 is 0 Å². The number of ether oxygens (including phenoxy) is 3. The fourth-order valence-corrected chi connectivity index (χ4v) is 4.12. The van der Waals surface area contributed by atoms with Gasteiger partial charge in [-0.25, -0.2) is 0 Å². The highest BCUT2D eigenvalue weighted by Gasteiger charge is 2.23. The Morgan fingerprint density at radius 1 is 1.13 bits per heavy atom. The first-order chi connectivity index (χ1) is 11.3. The quantitative estimate of drug-likeness (QED) is 0.800. The van der Waals surface area contributed by atoms with Gasteiger partial charge in [0, 0.05) is 24.0 Å². The van der Waals surface area contributed by atoms with Crippen LogP contribution in [0.15, 0.2) is 28.7 Å². The summed E-state index contributed by atoms with van der Waals surface area (Å²) >= 11 is 3.63. The Bertz CT molecular complexity index is 755. The highest BCUT2D eigenvalue weighted by molar-refractivity contribution is 9.10. The lowest BCUT2D eigenvalue weighted by molar-refractivity contribution is 0.288. The second-order valence-corrected chi connectivity index (χ2v) is 6.88. The van der Waals surface area contributed by atoms with Gasteiger partial charge in [-0.2, -0.15) is 0 Å². The number of aryl methyl sites for hydroxylation is 1. The van der Waals surface area contributed by atoms with Crippen LogP contribution in [0.4, 0.5) is 0 Å². The first kappa shape index (κ1) is 14.9. The molecule has 0 radical (unpaired) electrons. The molecule has 0 saturated carbocycles. The first-order valence-electron chi connectivity index (χ1n) is 8.02. The minimum Gasteiger partial charge on any atom is -0.496 e. The SMILES string of the molecule is COc1c(Cc2ccc3c(c2)CCCO3)cc(Br)c2c1CCO2. The maximum Gasteiger partial charge on any atom is 0.140 e. The zero-order chi connectivity index (χ0) is 15.8. The predicted molar refractivity (Wildman–Crippen MR) is 93.0 cm³/mol. The molecule has 0 fully saturated rings. The molecule has 0 bridgehead atoms. The van der Waals surface area contributed by atoms with E-state index in [9.17, 15) is 0 Å². The van der Waals surface area contributed by atoms with Gasteiger partial charge in [0.25, 0.3) is 0 Å². The minimum atomic E-state index is 0.726. The van der Waals surface area contributed by atoms with Crippen LogP contribution in [0.3, 0.4) is 0 Å². The zero-order valence-electron chi connectivity index (χ0n) is 13.2. The number of hydrogen-bond acceptors (Lipinski definition) is 3. The summed E-state index contributed by atoms with van der Waals surface area (Å²) in [6, 6.07) is 8.65. The number of rotatable bonds is 3. The van der Waals surface area contributed by atoms with E-state index in [0.29, 0.717) is 0 Å². The fraction of sp³-hybridized carbons (Fsp3) is 0.368. The van der Waals surface area contributed by atoms with Crippen molar-refractivity contribution in [2.45, 2.75) is 25.7 Å². The molecule has 120 valence electrons. The Kier molecular flexibility index (Phi) is 3.93. The number of methoxy groups -OCH3 is 1. The molecule has 4 heteroatoms. The summed E-state index contributed by atoms with van der Waals surface area (Å²) in [6.45, 7) is 1.56. The van der Waals surface area contributed by atoms with Crippen LogP contribution in [0.1, 0.15) is 28.7 Å². The number of benzene rings is 2. The van der Waals surface area contributed by atoms with Gasteiger partial charge in [0.05, 0.1) is 24.8 Å². The third kappa shape index (κ3) is 2.69. The van der Waals surface area contributed by atoms with Gasteiger partial charge < -0.3 is 14.2 Å². The van der Waals surface area contributed by atoms with Crippen molar-refractivity contribution in [2.75, 3.05) is 20.3 Å². The Hall–Kier alpha value is -1.68. The lowest BCUT2D eigenvalue weighted by Crippen LogP contribution is -2.08. The molecule has 2 aliphatic rings. The molecule has 0 unspecified atom stereocenters. The van der Waals surface area contributed by atoms with E-state index in [2.05, 4.69) is 40.2 Å². The van der Waals surface area contributed by atoms with Crippen molar-refractivity contribution in [1.29, 1.82) is 0 Å². The summed E-state index contributed by atoms with van der Waals surface area (Å²) in [5.74, 6) is 2.94. The van der Waals surface area contributed by atoms with E-state index in [-0.39, 0.29) is 0 Å². The molecule has 0 N–H and O–H groups in total. The molecule has 4 rings (SSSR count). The standard InChI is InChI=1S/C19H19BrO3/c1-21-18-14(11-16(20)19-15(18)6-8-23-19)10-12-4-5-17-13(9-12)3-2-7-22-17/h4-5,9,11H,2-3,6-8,10H2,1H3. The summed E-state index contributed by atoms with van der Waals surface area (Å²) in [4.78, 5) is 0. The Labute approximate surface area is 144 Å². The molecule has 0 amide bonds. The molecule has 0 atom stereocenters. The Morgan fingerprint density at radius 2 is 2.04 bits per heavy atom. The molecule has 0 spiro atoms. The predicted octanol–water partition coefficient (Wildman–Crippen LogP) is 4.31. The molecule has 3 nitrogen and oxygen atoms in total. The second-order valence-electron chi connectivity index (χ2n) is 6.03. The van der Waals surface area contributed by atoms with Crippen LogP contribution in [-0.4, -0.2) is 20.3 Å². The lowest BCUT2D eigenvalue weighted by Gasteiger charge is -2.19. The lowest BCUT2D eigenvalue weighted by atomic mass is 9.97. The zero-order valence-corrected chi connectivity index (χ0v) is 14.7. The van der Waals surface area contributed by atoms with Gasteiger partial charge in [-0.1, -0.05) is 12.1 Å².